The van der Waals surface area contributed by atoms with Crippen LogP contribution in [0.2, 0.25) is 0 Å². The molecule has 5 aromatic rings. The molecule has 2 aromatic carbocycles. The smallest absolute Gasteiger partial charge is 0.265 e. The van der Waals surface area contributed by atoms with Gasteiger partial charge in [-0.1, -0.05) is 24.3 Å². The van der Waals surface area contributed by atoms with Crippen molar-refractivity contribution in [3.63, 3.8) is 0 Å². The molecule has 0 aliphatic rings. The maximum Gasteiger partial charge on any atom is 0.265 e. The lowest BCUT2D eigenvalue weighted by atomic mass is 10.2. The Balaban J connectivity index is 1.32. The molecule has 5 nitrogen and oxygen atoms in total. The summed E-state index contributed by atoms with van der Waals surface area (Å²) in [6, 6.07) is 19.8. The molecule has 0 spiro atoms. The van der Waals surface area contributed by atoms with Gasteiger partial charge < -0.3 is 9.88 Å². The third-order valence-corrected chi connectivity index (χ3v) is 6.73. The Kier molecular flexibility index (Phi) is 4.67. The third-order valence-electron chi connectivity index (χ3n) is 4.44. The molecule has 1 N–H and O–H groups in total. The van der Waals surface area contributed by atoms with Crippen LogP contribution in [0.15, 0.2) is 79.4 Å². The highest BCUT2D eigenvalue weighted by Crippen LogP contribution is 2.34. The van der Waals surface area contributed by atoms with Gasteiger partial charge in [-0.25, -0.2) is 9.97 Å². The molecule has 7 heteroatoms. The van der Waals surface area contributed by atoms with Crippen molar-refractivity contribution in [3.8, 4) is 9.88 Å². The van der Waals surface area contributed by atoms with Gasteiger partial charge >= 0.3 is 0 Å². The van der Waals surface area contributed by atoms with Gasteiger partial charge in [0, 0.05) is 24.6 Å². The van der Waals surface area contributed by atoms with Crippen molar-refractivity contribution in [2.24, 2.45) is 0 Å². The van der Waals surface area contributed by atoms with Gasteiger partial charge in [0.15, 0.2) is 0 Å². The number of rotatable bonds is 5. The summed E-state index contributed by atoms with van der Waals surface area (Å²) in [6.45, 7) is 0.713. The number of imidazole rings is 1. The Labute approximate surface area is 175 Å². The molecular formula is C22H16N4OS2. The Hall–Kier alpha value is -3.29. The minimum absolute atomic E-state index is 0.109. The van der Waals surface area contributed by atoms with Crippen LogP contribution in [0.25, 0.3) is 20.1 Å². The van der Waals surface area contributed by atoms with E-state index >= 15 is 0 Å². The number of carbonyl (C=O) groups is 1. The van der Waals surface area contributed by atoms with Gasteiger partial charge in [-0.15, -0.1) is 22.7 Å². The number of aromatic nitrogens is 3. The Bertz CT molecular complexity index is 1250. The molecule has 0 radical (unpaired) electrons. The van der Waals surface area contributed by atoms with Gasteiger partial charge in [0.1, 0.15) is 5.01 Å². The predicted octanol–water partition coefficient (Wildman–Crippen LogP) is 5.52. The minimum atomic E-state index is -0.109. The second-order valence-corrected chi connectivity index (χ2v) is 8.65. The van der Waals surface area contributed by atoms with Gasteiger partial charge in [-0.3, -0.25) is 4.79 Å². The first-order valence-corrected chi connectivity index (χ1v) is 10.7. The van der Waals surface area contributed by atoms with Crippen LogP contribution in [-0.4, -0.2) is 20.4 Å². The van der Waals surface area contributed by atoms with Gasteiger partial charge in [-0.05, 0) is 42.0 Å². The van der Waals surface area contributed by atoms with Crippen molar-refractivity contribution in [1.29, 1.82) is 0 Å². The Morgan fingerprint density at radius 3 is 2.83 bits per heavy atom. The summed E-state index contributed by atoms with van der Waals surface area (Å²) in [7, 11) is 0. The highest BCUT2D eigenvalue weighted by Gasteiger charge is 2.13. The second kappa shape index (κ2) is 7.62. The molecule has 29 heavy (non-hydrogen) atoms. The van der Waals surface area contributed by atoms with Gasteiger partial charge in [0.05, 0.1) is 26.3 Å². The van der Waals surface area contributed by atoms with Crippen LogP contribution in [-0.2, 0) is 6.54 Å². The minimum Gasteiger partial charge on any atom is -0.333 e. The summed E-state index contributed by atoms with van der Waals surface area (Å²) >= 11 is 3.10. The molecule has 3 aromatic heterocycles. The van der Waals surface area contributed by atoms with Crippen molar-refractivity contribution < 1.29 is 4.79 Å². The van der Waals surface area contributed by atoms with Crippen LogP contribution >= 0.6 is 22.7 Å². The molecule has 0 fully saturated rings. The molecule has 0 saturated heterocycles. The van der Waals surface area contributed by atoms with Gasteiger partial charge in [-0.2, -0.15) is 0 Å². The molecule has 0 aliphatic heterocycles. The molecule has 142 valence electrons. The van der Waals surface area contributed by atoms with Crippen LogP contribution < -0.4 is 5.32 Å². The van der Waals surface area contributed by atoms with Gasteiger partial charge in [0.25, 0.3) is 5.91 Å². The number of thiazole rings is 1. The first-order valence-electron chi connectivity index (χ1n) is 9.06. The zero-order valence-electron chi connectivity index (χ0n) is 15.3. The fourth-order valence-corrected chi connectivity index (χ4v) is 5.01. The number of thiophene rings is 1. The molecule has 0 aliphatic carbocycles. The summed E-state index contributed by atoms with van der Waals surface area (Å²) in [6.07, 6.45) is 5.45. The summed E-state index contributed by atoms with van der Waals surface area (Å²) in [5.41, 5.74) is 2.87. The maximum absolute atomic E-state index is 12.7. The number of nitrogens with one attached hydrogen (secondary N) is 1. The molecule has 3 heterocycles. The van der Waals surface area contributed by atoms with Crippen LogP contribution in [0.1, 0.15) is 15.2 Å². The number of amides is 1. The van der Waals surface area contributed by atoms with E-state index in [9.17, 15) is 4.79 Å². The Morgan fingerprint density at radius 2 is 1.97 bits per heavy atom. The lowest BCUT2D eigenvalue weighted by Gasteiger charge is -2.07. The first-order chi connectivity index (χ1) is 14.2. The van der Waals surface area contributed by atoms with Crippen LogP contribution in [0.5, 0.6) is 0 Å². The summed E-state index contributed by atoms with van der Waals surface area (Å²) in [5, 5.41) is 3.94. The van der Waals surface area contributed by atoms with E-state index in [1.807, 2.05) is 65.4 Å². The van der Waals surface area contributed by atoms with E-state index < -0.39 is 0 Å². The highest BCUT2D eigenvalue weighted by molar-refractivity contribution is 7.26. The number of nitrogens with zero attached hydrogens (tertiary/aromatic N) is 3. The van der Waals surface area contributed by atoms with Crippen LogP contribution in [0, 0.1) is 0 Å². The largest absolute Gasteiger partial charge is 0.333 e. The topological polar surface area (TPSA) is 59.8 Å². The second-order valence-electron chi connectivity index (χ2n) is 6.54. The molecular weight excluding hydrogens is 400 g/mol. The molecule has 1 amide bonds. The van der Waals surface area contributed by atoms with Crippen LogP contribution in [0.3, 0.4) is 0 Å². The number of hydrogen-bond acceptors (Lipinski definition) is 5. The summed E-state index contributed by atoms with van der Waals surface area (Å²) < 4.78 is 3.14. The first kappa shape index (κ1) is 17.8. The van der Waals surface area contributed by atoms with Crippen molar-refractivity contribution in [1.82, 2.24) is 14.5 Å². The number of para-hydroxylation sites is 1. The van der Waals surface area contributed by atoms with E-state index in [2.05, 4.69) is 21.4 Å². The fraction of sp³-hybridized carbons (Fsp3) is 0.0455. The number of hydrogen-bond donors (Lipinski definition) is 1. The van der Waals surface area contributed by atoms with Gasteiger partial charge in [0.2, 0.25) is 0 Å². The van der Waals surface area contributed by atoms with E-state index in [4.69, 9.17) is 0 Å². The summed E-state index contributed by atoms with van der Waals surface area (Å²) in [5.74, 6) is -0.109. The molecule has 5 rings (SSSR count). The lowest BCUT2D eigenvalue weighted by Crippen LogP contribution is -2.10. The normalized spacial score (nSPS) is 11.0. The Morgan fingerprint density at radius 1 is 1.03 bits per heavy atom. The van der Waals surface area contributed by atoms with E-state index in [0.717, 1.165) is 31.4 Å². The quantitative estimate of drug-likeness (QED) is 0.410. The van der Waals surface area contributed by atoms with E-state index in [-0.39, 0.29) is 5.91 Å². The summed E-state index contributed by atoms with van der Waals surface area (Å²) in [4.78, 5) is 23.1. The SMILES string of the molecule is O=C(Nc1cccc(Cn2ccnc2)c1)c1ccc(-c2nc3ccccc3s2)s1. The van der Waals surface area contributed by atoms with Crippen molar-refractivity contribution >= 4 is 44.5 Å². The number of carbonyl (C=O) groups excluding carboxylic acids is 1. The molecule has 0 atom stereocenters. The average Bonchev–Trinajstić information content (AvgIpc) is 3.48. The zero-order chi connectivity index (χ0) is 19.6. The number of anilines is 1. The fourth-order valence-electron chi connectivity index (χ4n) is 3.08. The predicted molar refractivity (Wildman–Crippen MR) is 119 cm³/mol. The van der Waals surface area contributed by atoms with E-state index in [1.165, 1.54) is 11.3 Å². The molecule has 0 bridgehead atoms. The van der Waals surface area contributed by atoms with Crippen molar-refractivity contribution in [2.75, 3.05) is 5.32 Å². The maximum atomic E-state index is 12.7. The molecule has 0 unspecified atom stereocenters. The molecule has 0 saturated carbocycles. The monoisotopic (exact) mass is 416 g/mol. The number of benzene rings is 2. The number of fused-ring (bicyclic) bond motifs is 1. The average molecular weight is 417 g/mol. The van der Waals surface area contributed by atoms with Crippen LogP contribution in [0.4, 0.5) is 5.69 Å². The lowest BCUT2D eigenvalue weighted by molar-refractivity contribution is 0.103. The standard InChI is InChI=1S/C22H16N4OS2/c27-21(24-16-5-3-4-15(12-16)13-26-11-10-23-14-26)19-8-9-20(28-19)22-25-17-6-1-2-7-18(17)29-22/h1-12,14H,13H2,(H,24,27). The van der Waals surface area contributed by atoms with E-state index in [1.54, 1.807) is 23.9 Å². The highest BCUT2D eigenvalue weighted by atomic mass is 32.1. The van der Waals surface area contributed by atoms with E-state index in [0.29, 0.717) is 11.4 Å². The zero-order valence-corrected chi connectivity index (χ0v) is 16.9. The third kappa shape index (κ3) is 3.83. The van der Waals surface area contributed by atoms with Crippen molar-refractivity contribution in [3.05, 3.63) is 89.8 Å². The van der Waals surface area contributed by atoms with Crippen molar-refractivity contribution in [2.45, 2.75) is 6.54 Å².